The van der Waals surface area contributed by atoms with Crippen LogP contribution in [-0.2, 0) is 22.7 Å². The van der Waals surface area contributed by atoms with E-state index in [1.54, 1.807) is 41.3 Å². The third-order valence-electron chi connectivity index (χ3n) is 8.01. The number of fused-ring (bicyclic) bond motifs is 3. The Kier molecular flexibility index (Phi) is 11.7. The zero-order chi connectivity index (χ0) is 31.1. The van der Waals surface area contributed by atoms with E-state index in [-0.39, 0.29) is 38.6 Å². The van der Waals surface area contributed by atoms with Crippen molar-refractivity contribution in [1.82, 2.24) is 10.2 Å². The molecule has 234 valence electrons. The summed E-state index contributed by atoms with van der Waals surface area (Å²) in [5.41, 5.74) is 2.16. The molecule has 2 amide bonds. The van der Waals surface area contributed by atoms with Gasteiger partial charge >= 0.3 is 0 Å². The fraction of sp³-hybridized carbons (Fsp3) is 0.500. The Bertz CT molecular complexity index is 1340. The number of carbonyl (C=O) groups excluding carboxylic acids is 2. The molecule has 0 spiro atoms. The largest absolute Gasteiger partial charge is 0.493 e. The van der Waals surface area contributed by atoms with Crippen LogP contribution in [0.2, 0.25) is 10.0 Å². The van der Waals surface area contributed by atoms with Gasteiger partial charge in [-0.25, -0.2) is 0 Å². The molecule has 1 heterocycles. The lowest BCUT2D eigenvalue weighted by atomic mass is 9.77. The topological polar surface area (TPSA) is 129 Å². The number of rotatable bonds is 14. The van der Waals surface area contributed by atoms with E-state index < -0.39 is 30.1 Å². The van der Waals surface area contributed by atoms with Crippen LogP contribution in [0.15, 0.2) is 42.0 Å². The second kappa shape index (κ2) is 15.3. The van der Waals surface area contributed by atoms with Gasteiger partial charge in [0, 0.05) is 30.6 Å². The molecule has 0 saturated carbocycles. The van der Waals surface area contributed by atoms with Crippen molar-refractivity contribution in [3.05, 3.63) is 68.7 Å². The van der Waals surface area contributed by atoms with E-state index in [0.29, 0.717) is 50.2 Å². The number of nitrogens with zero attached hydrogens (tertiary/aromatic N) is 1. The summed E-state index contributed by atoms with van der Waals surface area (Å²) in [6, 6.07) is 7.59. The lowest BCUT2D eigenvalue weighted by Gasteiger charge is -2.41. The van der Waals surface area contributed by atoms with Crippen molar-refractivity contribution in [2.45, 2.75) is 82.8 Å². The van der Waals surface area contributed by atoms with E-state index in [9.17, 15) is 24.9 Å². The van der Waals surface area contributed by atoms with Gasteiger partial charge in [-0.1, -0.05) is 61.9 Å². The highest BCUT2D eigenvalue weighted by Gasteiger charge is 2.51. The Morgan fingerprint density at radius 1 is 1.05 bits per heavy atom. The number of benzene rings is 2. The molecule has 4 atom stereocenters. The van der Waals surface area contributed by atoms with Gasteiger partial charge in [0.1, 0.15) is 12.2 Å². The monoisotopic (exact) mass is 634 g/mol. The fourth-order valence-corrected chi connectivity index (χ4v) is 6.16. The lowest BCUT2D eigenvalue weighted by Crippen LogP contribution is -2.55. The van der Waals surface area contributed by atoms with Crippen LogP contribution in [0.1, 0.15) is 68.1 Å². The summed E-state index contributed by atoms with van der Waals surface area (Å²) in [6.45, 7) is 1.77. The third kappa shape index (κ3) is 7.46. The highest BCUT2D eigenvalue weighted by Crippen LogP contribution is 2.51. The second-order valence-corrected chi connectivity index (χ2v) is 11.8. The molecule has 0 radical (unpaired) electrons. The average molecular weight is 636 g/mol. The van der Waals surface area contributed by atoms with Gasteiger partial charge in [0.05, 0.1) is 42.3 Å². The quantitative estimate of drug-likeness (QED) is 0.225. The molecule has 0 saturated heterocycles. The first-order valence-electron chi connectivity index (χ1n) is 14.7. The van der Waals surface area contributed by atoms with Crippen LogP contribution in [0.25, 0.3) is 0 Å². The Hall–Kier alpha value is -2.82. The maximum atomic E-state index is 13.8. The molecule has 4 rings (SSSR count). The van der Waals surface area contributed by atoms with Crippen LogP contribution < -0.4 is 14.8 Å². The van der Waals surface area contributed by atoms with Gasteiger partial charge in [-0.2, -0.15) is 0 Å². The SMILES string of the molecule is CCCCCCCC(=O)N(Cc1ccc(Cl)c(Cl)c1)C1C=C(C(=O)NCCO)C2c3cc(CO)cc(OC)c3OC2C1O. The van der Waals surface area contributed by atoms with E-state index in [2.05, 4.69) is 12.2 Å². The Balaban J connectivity index is 1.76. The van der Waals surface area contributed by atoms with Crippen LogP contribution in [0, 0.1) is 0 Å². The molecular formula is C32H40Cl2N2O7. The number of methoxy groups -OCH3 is 1. The molecule has 2 aliphatic rings. The van der Waals surface area contributed by atoms with Crippen LogP contribution in [0.3, 0.4) is 0 Å². The van der Waals surface area contributed by atoms with Crippen molar-refractivity contribution in [3.63, 3.8) is 0 Å². The Morgan fingerprint density at radius 2 is 1.81 bits per heavy atom. The van der Waals surface area contributed by atoms with Crippen LogP contribution >= 0.6 is 23.2 Å². The molecule has 2 aromatic rings. The van der Waals surface area contributed by atoms with E-state index in [4.69, 9.17) is 32.7 Å². The van der Waals surface area contributed by atoms with Crippen molar-refractivity contribution in [2.75, 3.05) is 20.3 Å². The fourth-order valence-electron chi connectivity index (χ4n) is 5.84. The summed E-state index contributed by atoms with van der Waals surface area (Å²) >= 11 is 12.4. The standard InChI is InChI=1S/C32H40Cl2N2O7/c1-3-4-5-6-7-8-27(39)36(17-19-9-10-23(33)24(34)14-19)25-16-22(32(41)35-11-12-37)28-21-13-20(18-38)15-26(42-2)30(21)43-31(28)29(25)40/h9-10,13-16,25,28-29,31,37-38,40H,3-8,11-12,17-18H2,1-2H3,(H,35,41). The molecular weight excluding hydrogens is 595 g/mol. The van der Waals surface area contributed by atoms with Gasteiger partial charge in [-0.15, -0.1) is 0 Å². The number of aliphatic hydroxyl groups excluding tert-OH is 3. The molecule has 1 aliphatic heterocycles. The first-order chi connectivity index (χ1) is 20.7. The summed E-state index contributed by atoms with van der Waals surface area (Å²) in [5, 5.41) is 34.5. The summed E-state index contributed by atoms with van der Waals surface area (Å²) in [4.78, 5) is 28.9. The number of carbonyl (C=O) groups is 2. The minimum Gasteiger partial charge on any atom is -0.493 e. The first kappa shape index (κ1) is 33.1. The maximum absolute atomic E-state index is 13.8. The van der Waals surface area contributed by atoms with Gasteiger partial charge in [0.2, 0.25) is 11.8 Å². The number of hydrogen-bond acceptors (Lipinski definition) is 7. The number of amides is 2. The van der Waals surface area contributed by atoms with Crippen LogP contribution in [0.5, 0.6) is 11.5 Å². The number of ether oxygens (including phenoxy) is 2. The zero-order valence-electron chi connectivity index (χ0n) is 24.5. The van der Waals surface area contributed by atoms with Gasteiger partial charge in [-0.05, 0) is 47.9 Å². The van der Waals surface area contributed by atoms with Crippen molar-refractivity contribution in [1.29, 1.82) is 0 Å². The number of nitrogens with one attached hydrogen (secondary N) is 1. The summed E-state index contributed by atoms with van der Waals surface area (Å²) in [6.07, 6.45) is 4.60. The highest BCUT2D eigenvalue weighted by molar-refractivity contribution is 6.42. The molecule has 2 aromatic carbocycles. The highest BCUT2D eigenvalue weighted by atomic mass is 35.5. The van der Waals surface area contributed by atoms with Gasteiger partial charge < -0.3 is 35.0 Å². The van der Waals surface area contributed by atoms with Crippen LogP contribution in [0.4, 0.5) is 0 Å². The van der Waals surface area contributed by atoms with Crippen molar-refractivity contribution >= 4 is 35.0 Å². The Labute approximate surface area is 262 Å². The van der Waals surface area contributed by atoms with Crippen molar-refractivity contribution < 1.29 is 34.4 Å². The minimum atomic E-state index is -1.21. The number of aliphatic hydroxyl groups is 3. The normalized spacial score (nSPS) is 20.5. The predicted octanol–water partition coefficient (Wildman–Crippen LogP) is 4.51. The van der Waals surface area contributed by atoms with Gasteiger partial charge in [0.25, 0.3) is 0 Å². The van der Waals surface area contributed by atoms with E-state index in [1.165, 1.54) is 7.11 Å². The van der Waals surface area contributed by atoms with Crippen molar-refractivity contribution in [2.24, 2.45) is 0 Å². The molecule has 4 N–H and O–H groups in total. The van der Waals surface area contributed by atoms with Gasteiger partial charge in [0.15, 0.2) is 11.5 Å². The molecule has 0 fully saturated rings. The lowest BCUT2D eigenvalue weighted by molar-refractivity contribution is -0.138. The smallest absolute Gasteiger partial charge is 0.247 e. The number of halogens is 2. The molecule has 9 nitrogen and oxygen atoms in total. The third-order valence-corrected chi connectivity index (χ3v) is 8.75. The minimum absolute atomic E-state index is 0.0260. The Morgan fingerprint density at radius 3 is 2.49 bits per heavy atom. The summed E-state index contributed by atoms with van der Waals surface area (Å²) in [7, 11) is 1.48. The van der Waals surface area contributed by atoms with E-state index in [1.807, 2.05) is 0 Å². The molecule has 0 aromatic heterocycles. The van der Waals surface area contributed by atoms with Crippen molar-refractivity contribution in [3.8, 4) is 11.5 Å². The average Bonchev–Trinajstić information content (AvgIpc) is 3.40. The molecule has 1 aliphatic carbocycles. The summed E-state index contributed by atoms with van der Waals surface area (Å²) in [5.74, 6) is -0.588. The molecule has 4 unspecified atom stereocenters. The molecule has 43 heavy (non-hydrogen) atoms. The van der Waals surface area contributed by atoms with E-state index in [0.717, 1.165) is 25.7 Å². The molecule has 0 bridgehead atoms. The zero-order valence-corrected chi connectivity index (χ0v) is 26.0. The number of hydrogen-bond donors (Lipinski definition) is 4. The molecule has 11 heteroatoms. The van der Waals surface area contributed by atoms with E-state index >= 15 is 0 Å². The predicted molar refractivity (Wildman–Crippen MR) is 164 cm³/mol. The van der Waals surface area contributed by atoms with Crippen LogP contribution in [-0.4, -0.2) is 70.5 Å². The first-order valence-corrected chi connectivity index (χ1v) is 15.5. The van der Waals surface area contributed by atoms with Gasteiger partial charge in [-0.3, -0.25) is 9.59 Å². The summed E-state index contributed by atoms with van der Waals surface area (Å²) < 4.78 is 11.8. The number of unbranched alkanes of at least 4 members (excludes halogenated alkanes) is 4. The maximum Gasteiger partial charge on any atom is 0.247 e. The second-order valence-electron chi connectivity index (χ2n) is 11.0.